The van der Waals surface area contributed by atoms with Crippen LogP contribution in [-0.2, 0) is 4.74 Å². The molecule has 166 valence electrons. The molecule has 1 atom stereocenters. The summed E-state index contributed by atoms with van der Waals surface area (Å²) in [7, 11) is 5.24. The van der Waals surface area contributed by atoms with Gasteiger partial charge in [-0.25, -0.2) is 4.79 Å². The summed E-state index contributed by atoms with van der Waals surface area (Å²) in [6.45, 7) is 1.23. The maximum Gasteiger partial charge on any atom is 0.337 e. The van der Waals surface area contributed by atoms with Gasteiger partial charge in [0.25, 0.3) is 5.91 Å². The van der Waals surface area contributed by atoms with E-state index < -0.39 is 12.0 Å². The molecule has 0 unspecified atom stereocenters. The molecule has 0 radical (unpaired) electrons. The zero-order valence-corrected chi connectivity index (χ0v) is 18.8. The average Bonchev–Trinajstić information content (AvgIpc) is 3.06. The van der Waals surface area contributed by atoms with Gasteiger partial charge >= 0.3 is 5.97 Å². The number of halogens is 1. The lowest BCUT2D eigenvalue weighted by atomic mass is 9.97. The van der Waals surface area contributed by atoms with E-state index in [9.17, 15) is 14.4 Å². The lowest BCUT2D eigenvalue weighted by Crippen LogP contribution is -2.32. The number of carbonyl (C=O) groups excluding carboxylic acids is 2. The van der Waals surface area contributed by atoms with Crippen LogP contribution in [0.5, 0.6) is 0 Å². The first-order valence-corrected chi connectivity index (χ1v) is 10.6. The van der Waals surface area contributed by atoms with Crippen molar-refractivity contribution in [1.29, 1.82) is 0 Å². The Balaban J connectivity index is 1.85. The Morgan fingerprint density at radius 2 is 1.88 bits per heavy atom. The molecule has 0 fully saturated rings. The molecular weight excluding hydrogens is 432 g/mol. The molecule has 0 N–H and O–H groups in total. The Morgan fingerprint density at radius 1 is 1.16 bits per heavy atom. The number of benzene rings is 2. The number of amides is 1. The Morgan fingerprint density at radius 3 is 2.53 bits per heavy atom. The molecule has 0 aliphatic carbocycles. The number of ether oxygens (including phenoxy) is 1. The van der Waals surface area contributed by atoms with Gasteiger partial charge in [0.2, 0.25) is 5.76 Å². The number of esters is 1. The summed E-state index contributed by atoms with van der Waals surface area (Å²) in [5.41, 5.74) is 1.43. The maximum atomic E-state index is 13.5. The molecule has 0 bridgehead atoms. The van der Waals surface area contributed by atoms with Crippen molar-refractivity contribution in [2.75, 3.05) is 34.3 Å². The van der Waals surface area contributed by atoms with Crippen LogP contribution >= 0.6 is 11.6 Å². The Bertz CT molecular complexity index is 1250. The van der Waals surface area contributed by atoms with Crippen molar-refractivity contribution in [1.82, 2.24) is 9.80 Å². The standard InChI is InChI=1S/C24H23ClN2O5/c1-26(2)11-4-12-27-20(14-5-7-15(8-6-14)24(30)31-3)19-21(28)17-13-16(25)9-10-18(17)32-22(19)23(27)29/h5-10,13,20H,4,11-12H2,1-3H3/t20-/m1/s1. The van der Waals surface area contributed by atoms with Crippen LogP contribution in [0.15, 0.2) is 51.7 Å². The molecule has 0 spiro atoms. The van der Waals surface area contributed by atoms with Gasteiger partial charge in [-0.2, -0.15) is 0 Å². The van der Waals surface area contributed by atoms with Gasteiger partial charge in [0.15, 0.2) is 5.43 Å². The minimum absolute atomic E-state index is 0.0525. The predicted molar refractivity (Wildman–Crippen MR) is 121 cm³/mol. The van der Waals surface area contributed by atoms with Gasteiger partial charge in [0, 0.05) is 11.6 Å². The fraction of sp³-hybridized carbons (Fsp3) is 0.292. The number of fused-ring (bicyclic) bond motifs is 2. The van der Waals surface area contributed by atoms with Crippen molar-refractivity contribution < 1.29 is 18.7 Å². The fourth-order valence-electron chi connectivity index (χ4n) is 4.05. The third-order valence-electron chi connectivity index (χ3n) is 5.58. The number of rotatable bonds is 6. The summed E-state index contributed by atoms with van der Waals surface area (Å²) >= 11 is 6.10. The minimum Gasteiger partial charge on any atom is -0.465 e. The molecule has 1 amide bonds. The SMILES string of the molecule is COC(=O)c1ccc([C@@H]2c3c(oc4ccc(Cl)cc4c3=O)C(=O)N2CCCN(C)C)cc1. The van der Waals surface area contributed by atoms with E-state index in [1.54, 1.807) is 47.4 Å². The quantitative estimate of drug-likeness (QED) is 0.528. The van der Waals surface area contributed by atoms with E-state index in [1.807, 2.05) is 19.0 Å². The fourth-order valence-corrected chi connectivity index (χ4v) is 4.22. The lowest BCUT2D eigenvalue weighted by Gasteiger charge is -2.25. The van der Waals surface area contributed by atoms with Crippen LogP contribution in [0.1, 0.15) is 44.5 Å². The molecule has 2 heterocycles. The molecule has 4 rings (SSSR count). The predicted octanol–water partition coefficient (Wildman–Crippen LogP) is 3.73. The Hall–Kier alpha value is -3.16. The zero-order chi connectivity index (χ0) is 23.0. The number of hydrogen-bond donors (Lipinski definition) is 0. The topological polar surface area (TPSA) is 80.1 Å². The van der Waals surface area contributed by atoms with Crippen LogP contribution in [0.4, 0.5) is 0 Å². The van der Waals surface area contributed by atoms with Crippen LogP contribution < -0.4 is 5.43 Å². The van der Waals surface area contributed by atoms with Gasteiger partial charge in [-0.15, -0.1) is 0 Å². The normalized spacial score (nSPS) is 15.5. The Labute approximate surface area is 190 Å². The van der Waals surface area contributed by atoms with Crippen LogP contribution in [0.25, 0.3) is 11.0 Å². The van der Waals surface area contributed by atoms with Crippen LogP contribution in [-0.4, -0.2) is 56.0 Å². The first-order valence-electron chi connectivity index (χ1n) is 10.2. The van der Waals surface area contributed by atoms with Gasteiger partial charge < -0.3 is 19.0 Å². The van der Waals surface area contributed by atoms with E-state index in [0.717, 1.165) is 13.0 Å². The highest BCUT2D eigenvalue weighted by atomic mass is 35.5. The minimum atomic E-state index is -0.619. The number of hydrogen-bond acceptors (Lipinski definition) is 6. The highest BCUT2D eigenvalue weighted by molar-refractivity contribution is 6.31. The van der Waals surface area contributed by atoms with Gasteiger partial charge in [-0.1, -0.05) is 23.7 Å². The van der Waals surface area contributed by atoms with Crippen molar-refractivity contribution in [3.8, 4) is 0 Å². The van der Waals surface area contributed by atoms with E-state index in [4.69, 9.17) is 20.8 Å². The molecule has 1 aliphatic rings. The van der Waals surface area contributed by atoms with E-state index in [1.165, 1.54) is 7.11 Å². The zero-order valence-electron chi connectivity index (χ0n) is 18.1. The monoisotopic (exact) mass is 454 g/mol. The molecular formula is C24H23ClN2O5. The molecule has 7 nitrogen and oxygen atoms in total. The van der Waals surface area contributed by atoms with Crippen molar-refractivity contribution in [3.63, 3.8) is 0 Å². The van der Waals surface area contributed by atoms with Crippen LogP contribution in [0, 0.1) is 0 Å². The first kappa shape index (κ1) is 22.0. The smallest absolute Gasteiger partial charge is 0.337 e. The van der Waals surface area contributed by atoms with E-state index in [-0.39, 0.29) is 17.1 Å². The molecule has 8 heteroatoms. The summed E-state index contributed by atoms with van der Waals surface area (Å²) < 4.78 is 10.7. The van der Waals surface area contributed by atoms with Gasteiger partial charge in [-0.05, 0) is 63.0 Å². The summed E-state index contributed by atoms with van der Waals surface area (Å²) in [6.07, 6.45) is 0.725. The molecule has 2 aromatic carbocycles. The molecule has 32 heavy (non-hydrogen) atoms. The molecule has 0 saturated heterocycles. The molecule has 1 aliphatic heterocycles. The third-order valence-corrected chi connectivity index (χ3v) is 5.81. The van der Waals surface area contributed by atoms with E-state index in [0.29, 0.717) is 39.2 Å². The Kier molecular flexibility index (Phi) is 6.04. The van der Waals surface area contributed by atoms with Crippen LogP contribution in [0.2, 0.25) is 5.02 Å². The highest BCUT2D eigenvalue weighted by Crippen LogP contribution is 2.38. The largest absolute Gasteiger partial charge is 0.465 e. The van der Waals surface area contributed by atoms with Crippen molar-refractivity contribution in [2.45, 2.75) is 12.5 Å². The first-order chi connectivity index (χ1) is 15.3. The van der Waals surface area contributed by atoms with Crippen molar-refractivity contribution in [3.05, 3.63) is 80.2 Å². The summed E-state index contributed by atoms with van der Waals surface area (Å²) in [4.78, 5) is 42.3. The molecule has 1 aromatic heterocycles. The van der Waals surface area contributed by atoms with E-state index in [2.05, 4.69) is 0 Å². The second-order valence-corrected chi connectivity index (χ2v) is 8.42. The maximum absolute atomic E-state index is 13.5. The van der Waals surface area contributed by atoms with Gasteiger partial charge in [-0.3, -0.25) is 9.59 Å². The highest BCUT2D eigenvalue weighted by Gasteiger charge is 2.42. The summed E-state index contributed by atoms with van der Waals surface area (Å²) in [5, 5.41) is 0.742. The molecule has 3 aromatic rings. The second kappa shape index (κ2) is 8.76. The number of nitrogens with zero attached hydrogens (tertiary/aromatic N) is 2. The number of methoxy groups -OCH3 is 1. The van der Waals surface area contributed by atoms with Gasteiger partial charge in [0.05, 0.1) is 29.7 Å². The van der Waals surface area contributed by atoms with Gasteiger partial charge in [0.1, 0.15) is 5.58 Å². The third kappa shape index (κ3) is 3.89. The van der Waals surface area contributed by atoms with E-state index >= 15 is 0 Å². The van der Waals surface area contributed by atoms with Crippen molar-refractivity contribution >= 4 is 34.4 Å². The second-order valence-electron chi connectivity index (χ2n) is 7.99. The molecule has 0 saturated carbocycles. The lowest BCUT2D eigenvalue weighted by molar-refractivity contribution is 0.0600. The summed E-state index contributed by atoms with van der Waals surface area (Å²) in [5.74, 6) is -0.728. The summed E-state index contributed by atoms with van der Waals surface area (Å²) in [6, 6.07) is 10.9. The average molecular weight is 455 g/mol. The van der Waals surface area contributed by atoms with Crippen LogP contribution in [0.3, 0.4) is 0 Å². The number of carbonyl (C=O) groups is 2. The van der Waals surface area contributed by atoms with Crippen molar-refractivity contribution in [2.24, 2.45) is 0 Å².